The number of methoxy groups -OCH3 is 1. The number of carbonyl (C=O) groups excluding carboxylic acids is 2. The number of nitrogens with zero attached hydrogens (tertiary/aromatic N) is 2. The first-order valence-corrected chi connectivity index (χ1v) is 11.6. The summed E-state index contributed by atoms with van der Waals surface area (Å²) in [6, 6.07) is 6.43. The summed E-state index contributed by atoms with van der Waals surface area (Å²) in [6.45, 7) is 4.13. The average molecular weight is 428 g/mol. The topological polar surface area (TPSA) is 96.0 Å². The zero-order valence-corrected chi connectivity index (χ0v) is 18.8. The first-order chi connectivity index (χ1) is 13.6. The van der Waals surface area contributed by atoms with E-state index < -0.39 is 22.0 Å². The van der Waals surface area contributed by atoms with Crippen LogP contribution >= 0.6 is 0 Å². The number of ether oxygens (including phenoxy) is 1. The van der Waals surface area contributed by atoms with Gasteiger partial charge in [0.2, 0.25) is 21.8 Å². The summed E-state index contributed by atoms with van der Waals surface area (Å²) in [6.07, 6.45) is 3.98. The third-order valence-corrected chi connectivity index (χ3v) is 5.94. The summed E-state index contributed by atoms with van der Waals surface area (Å²) in [5, 5.41) is 2.86. The van der Waals surface area contributed by atoms with Crippen LogP contribution in [0.2, 0.25) is 0 Å². The Balaban J connectivity index is 2.96. The molecule has 1 aromatic carbocycles. The molecule has 0 heterocycles. The minimum absolute atomic E-state index is 0.185. The Kier molecular flexibility index (Phi) is 10.1. The molecule has 0 aliphatic heterocycles. The van der Waals surface area contributed by atoms with Gasteiger partial charge in [0.05, 0.1) is 19.9 Å². The minimum Gasteiger partial charge on any atom is -0.497 e. The van der Waals surface area contributed by atoms with Crippen LogP contribution in [0.5, 0.6) is 5.75 Å². The van der Waals surface area contributed by atoms with Crippen LogP contribution in [-0.2, 0) is 26.2 Å². The highest BCUT2D eigenvalue weighted by Gasteiger charge is 2.28. The van der Waals surface area contributed by atoms with Crippen LogP contribution in [0.15, 0.2) is 24.3 Å². The third-order valence-electron chi connectivity index (χ3n) is 4.68. The molecule has 0 aliphatic rings. The second-order valence-corrected chi connectivity index (χ2v) is 9.15. The fraction of sp³-hybridized carbons (Fsp3) is 0.600. The Morgan fingerprint density at radius 3 is 2.31 bits per heavy atom. The van der Waals surface area contributed by atoms with Crippen molar-refractivity contribution in [2.24, 2.45) is 0 Å². The molecule has 0 unspecified atom stereocenters. The number of nitrogens with one attached hydrogen (secondary N) is 1. The maximum atomic E-state index is 12.9. The standard InChI is InChI=1S/C20H33N3O5S/c1-6-7-8-13-21-20(25)16(2)23(19(24)15-22(3)29(5,26)27)14-17-9-11-18(28-4)12-10-17/h9-12,16H,6-8,13-15H2,1-5H3,(H,21,25)/t16-/m0/s1. The Labute approximate surface area is 174 Å². The minimum atomic E-state index is -3.51. The lowest BCUT2D eigenvalue weighted by Crippen LogP contribution is -2.50. The number of unbranched alkanes of at least 4 members (excludes halogenated alkanes) is 2. The monoisotopic (exact) mass is 427 g/mol. The Morgan fingerprint density at radius 2 is 1.79 bits per heavy atom. The molecule has 9 heteroatoms. The van der Waals surface area contributed by atoms with Crippen LogP contribution < -0.4 is 10.1 Å². The Morgan fingerprint density at radius 1 is 1.17 bits per heavy atom. The molecule has 0 aromatic heterocycles. The summed E-state index contributed by atoms with van der Waals surface area (Å²) < 4.78 is 29.5. The van der Waals surface area contributed by atoms with Crippen LogP contribution in [0.1, 0.15) is 38.7 Å². The average Bonchev–Trinajstić information content (AvgIpc) is 2.68. The van der Waals surface area contributed by atoms with Crippen molar-refractivity contribution in [3.63, 3.8) is 0 Å². The quantitative estimate of drug-likeness (QED) is 0.511. The van der Waals surface area contributed by atoms with Crippen molar-refractivity contribution in [1.82, 2.24) is 14.5 Å². The lowest BCUT2D eigenvalue weighted by atomic mass is 10.1. The zero-order valence-electron chi connectivity index (χ0n) is 18.0. The molecule has 0 bridgehead atoms. The number of hydrogen-bond donors (Lipinski definition) is 1. The lowest BCUT2D eigenvalue weighted by Gasteiger charge is -2.30. The number of carbonyl (C=O) groups is 2. The van der Waals surface area contributed by atoms with E-state index in [2.05, 4.69) is 12.2 Å². The van der Waals surface area contributed by atoms with Gasteiger partial charge in [-0.3, -0.25) is 9.59 Å². The van der Waals surface area contributed by atoms with E-state index in [1.807, 2.05) is 12.1 Å². The highest BCUT2D eigenvalue weighted by molar-refractivity contribution is 7.88. The summed E-state index contributed by atoms with van der Waals surface area (Å²) in [4.78, 5) is 26.8. The van der Waals surface area contributed by atoms with Crippen molar-refractivity contribution in [3.05, 3.63) is 29.8 Å². The number of hydrogen-bond acceptors (Lipinski definition) is 5. The maximum absolute atomic E-state index is 12.9. The largest absolute Gasteiger partial charge is 0.497 e. The molecule has 0 fully saturated rings. The number of benzene rings is 1. The van der Waals surface area contributed by atoms with E-state index in [0.717, 1.165) is 35.4 Å². The second-order valence-electron chi connectivity index (χ2n) is 7.06. The smallest absolute Gasteiger partial charge is 0.242 e. The van der Waals surface area contributed by atoms with Crippen molar-refractivity contribution < 1.29 is 22.7 Å². The second kappa shape index (κ2) is 11.8. The molecule has 29 heavy (non-hydrogen) atoms. The van der Waals surface area contributed by atoms with Crippen LogP contribution in [-0.4, -0.2) is 69.0 Å². The Hall–Kier alpha value is -2.13. The van der Waals surface area contributed by atoms with Crippen LogP contribution in [0, 0.1) is 0 Å². The Bertz CT molecular complexity index is 765. The van der Waals surface area contributed by atoms with E-state index in [1.165, 1.54) is 11.9 Å². The first kappa shape index (κ1) is 24.9. The van der Waals surface area contributed by atoms with E-state index in [0.29, 0.717) is 12.3 Å². The van der Waals surface area contributed by atoms with Crippen molar-refractivity contribution in [3.8, 4) is 5.75 Å². The van der Waals surface area contributed by atoms with Gasteiger partial charge in [-0.15, -0.1) is 0 Å². The zero-order chi connectivity index (χ0) is 22.0. The number of likely N-dealkylation sites (N-methyl/N-ethyl adjacent to an activating group) is 1. The van der Waals surface area contributed by atoms with Gasteiger partial charge in [-0.2, -0.15) is 4.31 Å². The molecule has 1 aromatic rings. The molecule has 0 spiro atoms. The van der Waals surface area contributed by atoms with E-state index >= 15 is 0 Å². The van der Waals surface area contributed by atoms with Crippen molar-refractivity contribution in [2.75, 3.05) is 33.5 Å². The molecule has 2 amide bonds. The van der Waals surface area contributed by atoms with Gasteiger partial charge in [-0.1, -0.05) is 31.9 Å². The van der Waals surface area contributed by atoms with E-state index in [1.54, 1.807) is 26.2 Å². The van der Waals surface area contributed by atoms with E-state index in [9.17, 15) is 18.0 Å². The summed E-state index contributed by atoms with van der Waals surface area (Å²) in [5.74, 6) is -0.0138. The number of rotatable bonds is 12. The van der Waals surface area contributed by atoms with Crippen LogP contribution in [0.3, 0.4) is 0 Å². The van der Waals surface area contributed by atoms with Crippen molar-refractivity contribution >= 4 is 21.8 Å². The normalized spacial score (nSPS) is 12.5. The van der Waals surface area contributed by atoms with Gasteiger partial charge in [-0.05, 0) is 31.0 Å². The van der Waals surface area contributed by atoms with Crippen LogP contribution in [0.25, 0.3) is 0 Å². The summed E-state index contributed by atoms with van der Waals surface area (Å²) in [5.41, 5.74) is 0.812. The van der Waals surface area contributed by atoms with Gasteiger partial charge in [-0.25, -0.2) is 8.42 Å². The SMILES string of the molecule is CCCCCNC(=O)[C@H](C)N(Cc1ccc(OC)cc1)C(=O)CN(C)S(C)(=O)=O. The molecule has 0 saturated heterocycles. The predicted octanol–water partition coefficient (Wildman–Crippen LogP) is 1.61. The van der Waals surface area contributed by atoms with Gasteiger partial charge in [0.15, 0.2) is 0 Å². The highest BCUT2D eigenvalue weighted by atomic mass is 32.2. The van der Waals surface area contributed by atoms with Gasteiger partial charge in [0.25, 0.3) is 0 Å². The van der Waals surface area contributed by atoms with E-state index in [-0.39, 0.29) is 19.0 Å². The molecule has 0 aliphatic carbocycles. The van der Waals surface area contributed by atoms with Gasteiger partial charge >= 0.3 is 0 Å². The van der Waals surface area contributed by atoms with Gasteiger partial charge < -0.3 is 15.0 Å². The summed E-state index contributed by atoms with van der Waals surface area (Å²) >= 11 is 0. The molecule has 8 nitrogen and oxygen atoms in total. The number of sulfonamides is 1. The fourth-order valence-electron chi connectivity index (χ4n) is 2.64. The predicted molar refractivity (Wildman–Crippen MR) is 113 cm³/mol. The molecule has 164 valence electrons. The maximum Gasteiger partial charge on any atom is 0.242 e. The molecule has 0 radical (unpaired) electrons. The fourth-order valence-corrected chi connectivity index (χ4v) is 2.99. The molecule has 1 N–H and O–H groups in total. The van der Waals surface area contributed by atoms with Gasteiger partial charge in [0, 0.05) is 20.1 Å². The molecule has 1 atom stereocenters. The van der Waals surface area contributed by atoms with Crippen molar-refractivity contribution in [1.29, 1.82) is 0 Å². The molecular formula is C20H33N3O5S. The van der Waals surface area contributed by atoms with Gasteiger partial charge in [0.1, 0.15) is 11.8 Å². The van der Waals surface area contributed by atoms with E-state index in [4.69, 9.17) is 4.74 Å². The third kappa shape index (κ3) is 8.41. The highest BCUT2D eigenvalue weighted by Crippen LogP contribution is 2.15. The first-order valence-electron chi connectivity index (χ1n) is 9.71. The molecule has 1 rings (SSSR count). The number of amides is 2. The summed E-state index contributed by atoms with van der Waals surface area (Å²) in [7, 11) is -0.603. The van der Waals surface area contributed by atoms with Crippen molar-refractivity contribution in [2.45, 2.75) is 45.7 Å². The molecular weight excluding hydrogens is 394 g/mol. The lowest BCUT2D eigenvalue weighted by molar-refractivity contribution is -0.140. The van der Waals surface area contributed by atoms with Crippen LogP contribution in [0.4, 0.5) is 0 Å². The molecule has 0 saturated carbocycles.